The van der Waals surface area contributed by atoms with Gasteiger partial charge in [0.2, 0.25) is 5.91 Å². The number of nitrogens with zero attached hydrogens (tertiary/aromatic N) is 1. The highest BCUT2D eigenvalue weighted by Crippen LogP contribution is 2.30. The van der Waals surface area contributed by atoms with Crippen molar-refractivity contribution in [2.24, 2.45) is 0 Å². The van der Waals surface area contributed by atoms with Crippen LogP contribution in [0.25, 0.3) is 0 Å². The summed E-state index contributed by atoms with van der Waals surface area (Å²) in [6.07, 6.45) is -1.34. The standard InChI is InChI=1S/C21H26N2O4/c1-14(25)22-17-9-7-16(8-10-17)12-23-18(11-15-5-3-2-4-6-15)20(26)21(27)19(23)13-24/h2-10,18-21,24,26-27H,11-13H2,1H3,(H,22,25)/t18-,19+,20-,21+/m0/s1. The van der Waals surface area contributed by atoms with Gasteiger partial charge in [-0.15, -0.1) is 0 Å². The number of benzene rings is 2. The Labute approximate surface area is 159 Å². The van der Waals surface area contributed by atoms with Crippen LogP contribution in [0.2, 0.25) is 0 Å². The van der Waals surface area contributed by atoms with E-state index in [4.69, 9.17) is 0 Å². The van der Waals surface area contributed by atoms with E-state index in [1.54, 1.807) is 0 Å². The summed E-state index contributed by atoms with van der Waals surface area (Å²) >= 11 is 0. The van der Waals surface area contributed by atoms with E-state index < -0.39 is 18.2 Å². The molecule has 6 heteroatoms. The fourth-order valence-electron chi connectivity index (χ4n) is 3.74. The highest BCUT2D eigenvalue weighted by Gasteiger charge is 2.46. The second kappa shape index (κ2) is 8.63. The minimum atomic E-state index is -0.998. The van der Waals surface area contributed by atoms with Crippen LogP contribution in [0.15, 0.2) is 54.6 Å². The van der Waals surface area contributed by atoms with Gasteiger partial charge in [-0.05, 0) is 29.7 Å². The molecule has 1 fully saturated rings. The molecule has 0 unspecified atom stereocenters. The van der Waals surface area contributed by atoms with Crippen molar-refractivity contribution >= 4 is 11.6 Å². The number of carbonyl (C=O) groups excluding carboxylic acids is 1. The zero-order valence-corrected chi connectivity index (χ0v) is 15.3. The Morgan fingerprint density at radius 2 is 1.59 bits per heavy atom. The molecular formula is C21H26N2O4. The van der Waals surface area contributed by atoms with E-state index in [-0.39, 0.29) is 18.6 Å². The van der Waals surface area contributed by atoms with Crippen LogP contribution < -0.4 is 5.32 Å². The number of nitrogens with one attached hydrogen (secondary N) is 1. The Bertz CT molecular complexity index is 751. The summed E-state index contributed by atoms with van der Waals surface area (Å²) in [5.74, 6) is -0.128. The van der Waals surface area contributed by atoms with Gasteiger partial charge in [0, 0.05) is 25.2 Å². The van der Waals surface area contributed by atoms with Crippen molar-refractivity contribution in [2.75, 3.05) is 11.9 Å². The molecule has 1 aliphatic rings. The van der Waals surface area contributed by atoms with E-state index >= 15 is 0 Å². The van der Waals surface area contributed by atoms with E-state index in [1.165, 1.54) is 6.92 Å². The van der Waals surface area contributed by atoms with Gasteiger partial charge in [-0.1, -0.05) is 42.5 Å². The number of hydrogen-bond donors (Lipinski definition) is 4. The summed E-state index contributed by atoms with van der Waals surface area (Å²) in [5, 5.41) is 33.5. The first-order valence-corrected chi connectivity index (χ1v) is 9.13. The van der Waals surface area contributed by atoms with Gasteiger partial charge < -0.3 is 20.6 Å². The molecule has 0 bridgehead atoms. The zero-order valence-electron chi connectivity index (χ0n) is 15.3. The predicted octanol–water partition coefficient (Wildman–Crippen LogP) is 1.15. The summed E-state index contributed by atoms with van der Waals surface area (Å²) in [4.78, 5) is 13.1. The van der Waals surface area contributed by atoms with Crippen LogP contribution in [0.1, 0.15) is 18.1 Å². The number of amides is 1. The third kappa shape index (κ3) is 4.54. The van der Waals surface area contributed by atoms with E-state index in [0.717, 1.165) is 11.1 Å². The lowest BCUT2D eigenvalue weighted by atomic mass is 10.0. The highest BCUT2D eigenvalue weighted by atomic mass is 16.3. The lowest BCUT2D eigenvalue weighted by Crippen LogP contribution is -2.41. The molecule has 0 spiro atoms. The number of likely N-dealkylation sites (tertiary alicyclic amines) is 1. The summed E-state index contributed by atoms with van der Waals surface area (Å²) in [7, 11) is 0. The number of hydrogen-bond acceptors (Lipinski definition) is 5. The number of rotatable bonds is 6. The van der Waals surface area contributed by atoms with Crippen LogP contribution in [-0.2, 0) is 17.8 Å². The molecule has 2 aromatic carbocycles. The molecule has 0 aromatic heterocycles. The summed E-state index contributed by atoms with van der Waals surface area (Å²) in [6.45, 7) is 1.71. The topological polar surface area (TPSA) is 93.0 Å². The molecule has 1 heterocycles. The maximum absolute atomic E-state index is 11.1. The lowest BCUT2D eigenvalue weighted by Gasteiger charge is -2.30. The van der Waals surface area contributed by atoms with Gasteiger partial charge in [0.25, 0.3) is 0 Å². The molecule has 2 aromatic rings. The molecule has 4 atom stereocenters. The molecule has 144 valence electrons. The van der Waals surface area contributed by atoms with Gasteiger partial charge in [0.05, 0.1) is 24.9 Å². The van der Waals surface area contributed by atoms with Crippen molar-refractivity contribution in [1.29, 1.82) is 0 Å². The molecule has 4 N–H and O–H groups in total. The maximum atomic E-state index is 11.1. The molecule has 0 saturated carbocycles. The van der Waals surface area contributed by atoms with Gasteiger partial charge in [-0.25, -0.2) is 0 Å². The van der Waals surface area contributed by atoms with Gasteiger partial charge in [-0.3, -0.25) is 9.69 Å². The van der Waals surface area contributed by atoms with Crippen molar-refractivity contribution in [3.05, 3.63) is 65.7 Å². The molecule has 27 heavy (non-hydrogen) atoms. The van der Waals surface area contributed by atoms with Crippen LogP contribution >= 0.6 is 0 Å². The fraction of sp³-hybridized carbons (Fsp3) is 0.381. The predicted molar refractivity (Wildman–Crippen MR) is 103 cm³/mol. The quantitative estimate of drug-likeness (QED) is 0.612. The number of aliphatic hydroxyl groups excluding tert-OH is 3. The normalized spacial score (nSPS) is 25.5. The Morgan fingerprint density at radius 3 is 2.19 bits per heavy atom. The molecule has 6 nitrogen and oxygen atoms in total. The Balaban J connectivity index is 1.79. The van der Waals surface area contributed by atoms with Gasteiger partial charge in [0.1, 0.15) is 0 Å². The van der Waals surface area contributed by atoms with Crippen molar-refractivity contribution in [1.82, 2.24) is 4.90 Å². The van der Waals surface area contributed by atoms with Crippen molar-refractivity contribution < 1.29 is 20.1 Å². The number of carbonyl (C=O) groups is 1. The monoisotopic (exact) mass is 370 g/mol. The molecule has 3 rings (SSSR count). The van der Waals surface area contributed by atoms with Gasteiger partial charge >= 0.3 is 0 Å². The van der Waals surface area contributed by atoms with E-state index in [1.807, 2.05) is 59.5 Å². The zero-order chi connectivity index (χ0) is 19.4. The maximum Gasteiger partial charge on any atom is 0.221 e. The summed E-state index contributed by atoms with van der Waals surface area (Å²) in [5.41, 5.74) is 2.76. The van der Waals surface area contributed by atoms with Crippen LogP contribution in [0.4, 0.5) is 5.69 Å². The smallest absolute Gasteiger partial charge is 0.221 e. The summed E-state index contributed by atoms with van der Waals surface area (Å²) in [6, 6.07) is 16.4. The fourth-order valence-corrected chi connectivity index (χ4v) is 3.74. The van der Waals surface area contributed by atoms with E-state index in [0.29, 0.717) is 18.7 Å². The molecule has 1 saturated heterocycles. The Morgan fingerprint density at radius 1 is 0.963 bits per heavy atom. The van der Waals surface area contributed by atoms with Crippen LogP contribution in [0.5, 0.6) is 0 Å². The van der Waals surface area contributed by atoms with Crippen LogP contribution in [-0.4, -0.2) is 57.0 Å². The van der Waals surface area contributed by atoms with E-state index in [2.05, 4.69) is 5.32 Å². The Hall–Kier alpha value is -2.25. The van der Waals surface area contributed by atoms with Gasteiger partial charge in [-0.2, -0.15) is 0 Å². The van der Waals surface area contributed by atoms with E-state index in [9.17, 15) is 20.1 Å². The second-order valence-electron chi connectivity index (χ2n) is 7.04. The van der Waals surface area contributed by atoms with Crippen molar-refractivity contribution in [3.8, 4) is 0 Å². The molecule has 0 radical (unpaired) electrons. The van der Waals surface area contributed by atoms with Crippen molar-refractivity contribution in [3.63, 3.8) is 0 Å². The van der Waals surface area contributed by atoms with Crippen molar-refractivity contribution in [2.45, 2.75) is 44.2 Å². The Kier molecular flexibility index (Phi) is 6.23. The number of anilines is 1. The summed E-state index contributed by atoms with van der Waals surface area (Å²) < 4.78 is 0. The first kappa shape index (κ1) is 19.5. The average Bonchev–Trinajstić information content (AvgIpc) is 2.88. The lowest BCUT2D eigenvalue weighted by molar-refractivity contribution is -0.114. The second-order valence-corrected chi connectivity index (χ2v) is 7.04. The first-order chi connectivity index (χ1) is 13.0. The average molecular weight is 370 g/mol. The van der Waals surface area contributed by atoms with Crippen LogP contribution in [0, 0.1) is 0 Å². The first-order valence-electron chi connectivity index (χ1n) is 9.13. The molecule has 0 aliphatic carbocycles. The minimum Gasteiger partial charge on any atom is -0.395 e. The third-order valence-electron chi connectivity index (χ3n) is 5.10. The largest absolute Gasteiger partial charge is 0.395 e. The molecule has 1 amide bonds. The number of aliphatic hydroxyl groups is 3. The van der Waals surface area contributed by atoms with Crippen LogP contribution in [0.3, 0.4) is 0 Å². The molecular weight excluding hydrogens is 344 g/mol. The highest BCUT2D eigenvalue weighted by molar-refractivity contribution is 5.88. The third-order valence-corrected chi connectivity index (χ3v) is 5.10. The SMILES string of the molecule is CC(=O)Nc1ccc(CN2[C@H](CO)[C@@H](O)[C@@H](O)[C@@H]2Cc2ccccc2)cc1. The molecule has 1 aliphatic heterocycles. The minimum absolute atomic E-state index is 0.128. The van der Waals surface area contributed by atoms with Gasteiger partial charge in [0.15, 0.2) is 0 Å².